The fourth-order valence-electron chi connectivity index (χ4n) is 1.40. The lowest BCUT2D eigenvalue weighted by Gasteiger charge is -2.06. The topological polar surface area (TPSA) is 78.1 Å². The van der Waals surface area contributed by atoms with Crippen molar-refractivity contribution in [2.24, 2.45) is 0 Å². The van der Waals surface area contributed by atoms with Crippen LogP contribution in [0, 0.1) is 6.92 Å². The lowest BCUT2D eigenvalue weighted by Crippen LogP contribution is -2.07. The number of hydrogen-bond acceptors (Lipinski definition) is 7. The van der Waals surface area contributed by atoms with Crippen LogP contribution in [-0.2, 0) is 4.74 Å². The highest BCUT2D eigenvalue weighted by Gasteiger charge is 2.13. The minimum absolute atomic E-state index is 0.325. The molecule has 0 aliphatic carbocycles. The first-order chi connectivity index (χ1) is 9.10. The normalized spacial score (nSPS) is 10.4. The Bertz CT molecular complexity index is 598. The van der Waals surface area contributed by atoms with Crippen LogP contribution in [0.3, 0.4) is 0 Å². The molecule has 0 saturated heterocycles. The minimum Gasteiger partial charge on any atom is -0.462 e. The number of rotatable bonds is 4. The molecule has 5 nitrogen and oxygen atoms in total. The van der Waals surface area contributed by atoms with Gasteiger partial charge in [0, 0.05) is 10.6 Å². The molecular weight excluding hydrogens is 282 g/mol. The van der Waals surface area contributed by atoms with Gasteiger partial charge in [-0.2, -0.15) is 4.37 Å². The molecule has 0 aliphatic rings. The molecule has 0 bridgehead atoms. The molecular formula is C12H13N3O2S2. The highest BCUT2D eigenvalue weighted by molar-refractivity contribution is 8.01. The predicted molar refractivity (Wildman–Crippen MR) is 75.6 cm³/mol. The zero-order valence-electron chi connectivity index (χ0n) is 10.5. The van der Waals surface area contributed by atoms with Crippen molar-refractivity contribution in [3.63, 3.8) is 0 Å². The maximum atomic E-state index is 11.7. The van der Waals surface area contributed by atoms with Crippen LogP contribution in [0.15, 0.2) is 27.4 Å². The maximum Gasteiger partial charge on any atom is 0.340 e. The van der Waals surface area contributed by atoms with Crippen molar-refractivity contribution in [1.29, 1.82) is 0 Å². The zero-order chi connectivity index (χ0) is 13.8. The first kappa shape index (κ1) is 13.8. The standard InChI is InChI=1S/C12H13N3O2S2/c1-3-17-11(16)9-6-8(4-5-10(9)13)18-12-14-7(2)15-19-12/h4-6H,3,13H2,1-2H3. The lowest BCUT2D eigenvalue weighted by atomic mass is 10.2. The number of carbonyl (C=O) groups excluding carboxylic acids is 1. The van der Waals surface area contributed by atoms with Gasteiger partial charge < -0.3 is 10.5 Å². The molecule has 0 aliphatic heterocycles. The van der Waals surface area contributed by atoms with E-state index in [1.165, 1.54) is 23.3 Å². The van der Waals surface area contributed by atoms with Crippen LogP contribution in [0.5, 0.6) is 0 Å². The number of hydrogen-bond donors (Lipinski definition) is 1. The summed E-state index contributed by atoms with van der Waals surface area (Å²) in [5.74, 6) is 0.337. The third-order valence-electron chi connectivity index (χ3n) is 2.23. The number of nitrogens with zero attached hydrogens (tertiary/aromatic N) is 2. The highest BCUT2D eigenvalue weighted by atomic mass is 32.2. The summed E-state index contributed by atoms with van der Waals surface area (Å²) in [4.78, 5) is 16.9. The Morgan fingerprint density at radius 2 is 2.32 bits per heavy atom. The number of nitrogens with two attached hydrogens (primary N) is 1. The molecule has 0 saturated carbocycles. The Labute approximate surface area is 119 Å². The summed E-state index contributed by atoms with van der Waals surface area (Å²) < 4.78 is 9.91. The van der Waals surface area contributed by atoms with E-state index in [0.717, 1.165) is 15.1 Å². The van der Waals surface area contributed by atoms with E-state index >= 15 is 0 Å². The minimum atomic E-state index is -0.407. The van der Waals surface area contributed by atoms with Crippen LogP contribution >= 0.6 is 23.3 Å². The molecule has 1 aromatic heterocycles. The fraction of sp³-hybridized carbons (Fsp3) is 0.250. The third-order valence-corrected chi connectivity index (χ3v) is 4.07. The number of aryl methyl sites for hydroxylation is 1. The summed E-state index contributed by atoms with van der Waals surface area (Å²) in [6.45, 7) is 3.93. The van der Waals surface area contributed by atoms with E-state index in [2.05, 4.69) is 9.36 Å². The Balaban J connectivity index is 2.23. The maximum absolute atomic E-state index is 11.7. The molecule has 100 valence electrons. The SMILES string of the molecule is CCOC(=O)c1cc(Sc2nc(C)ns2)ccc1N. The lowest BCUT2D eigenvalue weighted by molar-refractivity contribution is 0.0527. The molecule has 2 rings (SSSR count). The number of carbonyl (C=O) groups is 1. The summed E-state index contributed by atoms with van der Waals surface area (Å²) in [5, 5.41) is 0. The van der Waals surface area contributed by atoms with Crippen molar-refractivity contribution in [2.45, 2.75) is 23.1 Å². The summed E-state index contributed by atoms with van der Waals surface area (Å²) in [6.07, 6.45) is 0. The van der Waals surface area contributed by atoms with Gasteiger partial charge in [-0.3, -0.25) is 0 Å². The van der Waals surface area contributed by atoms with Gasteiger partial charge in [0.2, 0.25) is 0 Å². The largest absolute Gasteiger partial charge is 0.462 e. The van der Waals surface area contributed by atoms with Gasteiger partial charge in [-0.05, 0) is 43.6 Å². The van der Waals surface area contributed by atoms with E-state index in [-0.39, 0.29) is 0 Å². The number of aromatic nitrogens is 2. The van der Waals surface area contributed by atoms with Gasteiger partial charge in [0.1, 0.15) is 5.82 Å². The van der Waals surface area contributed by atoms with Crippen LogP contribution in [-0.4, -0.2) is 21.9 Å². The quantitative estimate of drug-likeness (QED) is 0.690. The Hall–Kier alpha value is -1.60. The van der Waals surface area contributed by atoms with E-state index in [0.29, 0.717) is 17.9 Å². The second-order valence-corrected chi connectivity index (χ2v) is 5.75. The molecule has 0 unspecified atom stereocenters. The van der Waals surface area contributed by atoms with Gasteiger partial charge in [-0.15, -0.1) is 0 Å². The van der Waals surface area contributed by atoms with E-state index in [9.17, 15) is 4.79 Å². The number of anilines is 1. The molecule has 1 heterocycles. The van der Waals surface area contributed by atoms with E-state index in [4.69, 9.17) is 10.5 Å². The van der Waals surface area contributed by atoms with Crippen molar-refractivity contribution < 1.29 is 9.53 Å². The monoisotopic (exact) mass is 295 g/mol. The molecule has 0 radical (unpaired) electrons. The van der Waals surface area contributed by atoms with Crippen molar-refractivity contribution in [3.8, 4) is 0 Å². The first-order valence-electron chi connectivity index (χ1n) is 5.65. The van der Waals surface area contributed by atoms with Crippen LogP contribution in [0.1, 0.15) is 23.1 Å². The Morgan fingerprint density at radius 1 is 1.53 bits per heavy atom. The van der Waals surface area contributed by atoms with Crippen molar-refractivity contribution in [1.82, 2.24) is 9.36 Å². The molecule has 1 aromatic carbocycles. The molecule has 0 atom stereocenters. The van der Waals surface area contributed by atoms with Crippen molar-refractivity contribution in [2.75, 3.05) is 12.3 Å². The van der Waals surface area contributed by atoms with Crippen LogP contribution in [0.25, 0.3) is 0 Å². The Morgan fingerprint density at radius 3 is 2.95 bits per heavy atom. The molecule has 2 aromatic rings. The third kappa shape index (κ3) is 3.45. The molecule has 0 amide bonds. The van der Waals surface area contributed by atoms with Gasteiger partial charge in [0.05, 0.1) is 12.2 Å². The van der Waals surface area contributed by atoms with Gasteiger partial charge in [0.15, 0.2) is 4.34 Å². The number of nitrogen functional groups attached to an aromatic ring is 1. The number of ether oxygens (including phenoxy) is 1. The predicted octanol–water partition coefficient (Wildman–Crippen LogP) is 2.76. The summed E-state index contributed by atoms with van der Waals surface area (Å²) in [6, 6.07) is 5.26. The smallest absolute Gasteiger partial charge is 0.340 e. The number of benzene rings is 1. The molecule has 2 N–H and O–H groups in total. The van der Waals surface area contributed by atoms with Gasteiger partial charge in [0.25, 0.3) is 0 Å². The van der Waals surface area contributed by atoms with Crippen LogP contribution < -0.4 is 5.73 Å². The summed E-state index contributed by atoms with van der Waals surface area (Å²) >= 11 is 2.78. The van der Waals surface area contributed by atoms with Gasteiger partial charge >= 0.3 is 5.97 Å². The Kier molecular flexibility index (Phi) is 4.39. The average Bonchev–Trinajstić information content (AvgIpc) is 2.77. The van der Waals surface area contributed by atoms with Gasteiger partial charge in [-0.25, -0.2) is 9.78 Å². The first-order valence-corrected chi connectivity index (χ1v) is 7.24. The van der Waals surface area contributed by atoms with E-state index < -0.39 is 5.97 Å². The van der Waals surface area contributed by atoms with Crippen LogP contribution in [0.4, 0.5) is 5.69 Å². The fourth-order valence-corrected chi connectivity index (χ4v) is 3.07. The highest BCUT2D eigenvalue weighted by Crippen LogP contribution is 2.31. The summed E-state index contributed by atoms with van der Waals surface area (Å²) in [7, 11) is 0. The second-order valence-electron chi connectivity index (χ2n) is 3.68. The molecule has 19 heavy (non-hydrogen) atoms. The molecule has 7 heteroatoms. The van der Waals surface area contributed by atoms with Crippen molar-refractivity contribution in [3.05, 3.63) is 29.6 Å². The summed E-state index contributed by atoms with van der Waals surface area (Å²) in [5.41, 5.74) is 6.58. The van der Waals surface area contributed by atoms with E-state index in [1.54, 1.807) is 19.1 Å². The van der Waals surface area contributed by atoms with Gasteiger partial charge in [-0.1, -0.05) is 11.8 Å². The molecule has 0 fully saturated rings. The second kappa shape index (κ2) is 6.03. The zero-order valence-corrected chi connectivity index (χ0v) is 12.2. The average molecular weight is 295 g/mol. The number of esters is 1. The van der Waals surface area contributed by atoms with E-state index in [1.807, 2.05) is 13.0 Å². The van der Waals surface area contributed by atoms with Crippen molar-refractivity contribution >= 4 is 35.0 Å². The van der Waals surface area contributed by atoms with Crippen LogP contribution in [0.2, 0.25) is 0 Å². The molecule has 0 spiro atoms.